The summed E-state index contributed by atoms with van der Waals surface area (Å²) in [6.45, 7) is 5.59. The van der Waals surface area contributed by atoms with Crippen molar-refractivity contribution in [3.63, 3.8) is 0 Å². The maximum atomic E-state index is 11.4. The van der Waals surface area contributed by atoms with Crippen LogP contribution in [0.4, 0.5) is 0 Å². The van der Waals surface area contributed by atoms with Crippen LogP contribution in [0.5, 0.6) is 0 Å². The van der Waals surface area contributed by atoms with Crippen LogP contribution in [0.1, 0.15) is 27.7 Å². The van der Waals surface area contributed by atoms with Crippen molar-refractivity contribution >= 4 is 23.9 Å². The highest BCUT2D eigenvalue weighted by atomic mass is 16.6. The number of carbonyl (C=O) groups is 4. The Kier molecular flexibility index (Phi) is 5.43. The molecule has 0 aliphatic carbocycles. The Hall–Kier alpha value is -2.16. The number of ether oxygens (including phenoxy) is 4. The lowest BCUT2D eigenvalue weighted by molar-refractivity contribution is -0.172. The van der Waals surface area contributed by atoms with Gasteiger partial charge in [0.1, 0.15) is 0 Å². The van der Waals surface area contributed by atoms with Gasteiger partial charge >= 0.3 is 23.9 Å². The predicted octanol–water partition coefficient (Wildman–Crippen LogP) is -0.589. The van der Waals surface area contributed by atoms with E-state index >= 15 is 0 Å². The number of esters is 4. The Labute approximate surface area is 139 Å². The highest BCUT2D eigenvalue weighted by Crippen LogP contribution is 2.35. The molecule has 2 fully saturated rings. The number of carbonyl (C=O) groups excluding carboxylic acids is 4. The van der Waals surface area contributed by atoms with Gasteiger partial charge in [-0.2, -0.15) is 0 Å². The Balaban J connectivity index is 2.26. The van der Waals surface area contributed by atoms with Crippen molar-refractivity contribution in [1.82, 2.24) is 4.90 Å². The summed E-state index contributed by atoms with van der Waals surface area (Å²) in [6, 6.07) is -0.550. The fraction of sp³-hybridized carbons (Fsp3) is 0.733. The number of hydrogen-bond donors (Lipinski definition) is 0. The smallest absolute Gasteiger partial charge is 0.303 e. The van der Waals surface area contributed by atoms with E-state index < -0.39 is 54.3 Å². The second kappa shape index (κ2) is 7.16. The van der Waals surface area contributed by atoms with Gasteiger partial charge in [-0.15, -0.1) is 0 Å². The third kappa shape index (κ3) is 4.02. The van der Waals surface area contributed by atoms with Crippen LogP contribution >= 0.6 is 0 Å². The van der Waals surface area contributed by atoms with Crippen LogP contribution in [-0.2, 0) is 38.1 Å². The molecular formula is C15H21NO8. The molecule has 9 heteroatoms. The maximum absolute atomic E-state index is 11.4. The second-order valence-corrected chi connectivity index (χ2v) is 5.89. The van der Waals surface area contributed by atoms with Gasteiger partial charge in [-0.05, 0) is 0 Å². The quantitative estimate of drug-likeness (QED) is 0.489. The number of fused-ring (bicyclic) bond motifs is 1. The summed E-state index contributed by atoms with van der Waals surface area (Å²) in [5.74, 6) is -2.09. The van der Waals surface area contributed by atoms with Gasteiger partial charge in [0.05, 0.1) is 6.04 Å². The van der Waals surface area contributed by atoms with E-state index in [-0.39, 0.29) is 13.1 Å². The second-order valence-electron chi connectivity index (χ2n) is 5.89. The molecule has 0 N–H and O–H groups in total. The minimum Gasteiger partial charge on any atom is -0.457 e. The molecule has 0 amide bonds. The zero-order valence-electron chi connectivity index (χ0n) is 14.0. The van der Waals surface area contributed by atoms with Gasteiger partial charge in [0.2, 0.25) is 0 Å². The van der Waals surface area contributed by atoms with Crippen LogP contribution in [0, 0.1) is 0 Å². The Morgan fingerprint density at radius 2 is 1.00 bits per heavy atom. The molecule has 2 aliphatic heterocycles. The van der Waals surface area contributed by atoms with E-state index in [1.165, 1.54) is 27.7 Å². The molecule has 2 saturated heterocycles. The fourth-order valence-electron chi connectivity index (χ4n) is 3.34. The Morgan fingerprint density at radius 1 is 0.667 bits per heavy atom. The lowest BCUT2D eigenvalue weighted by Crippen LogP contribution is -2.47. The first-order valence-corrected chi connectivity index (χ1v) is 7.62. The molecule has 2 aliphatic rings. The van der Waals surface area contributed by atoms with E-state index in [1.807, 2.05) is 4.90 Å². The molecule has 24 heavy (non-hydrogen) atoms. The Morgan fingerprint density at radius 3 is 1.29 bits per heavy atom. The molecule has 0 bridgehead atoms. The van der Waals surface area contributed by atoms with E-state index in [9.17, 15) is 19.2 Å². The minimum atomic E-state index is -0.809. The minimum absolute atomic E-state index is 0.289. The largest absolute Gasteiger partial charge is 0.457 e. The van der Waals surface area contributed by atoms with Crippen molar-refractivity contribution in [1.29, 1.82) is 0 Å². The zero-order valence-corrected chi connectivity index (χ0v) is 14.0. The highest BCUT2D eigenvalue weighted by molar-refractivity contribution is 5.69. The van der Waals surface area contributed by atoms with E-state index in [0.717, 1.165) is 0 Å². The summed E-state index contributed by atoms with van der Waals surface area (Å²) in [5.41, 5.74) is 0. The van der Waals surface area contributed by atoms with Gasteiger partial charge in [-0.25, -0.2) is 0 Å². The molecule has 0 aromatic rings. The van der Waals surface area contributed by atoms with Gasteiger partial charge < -0.3 is 18.9 Å². The van der Waals surface area contributed by atoms with Crippen LogP contribution in [0.3, 0.4) is 0 Å². The van der Waals surface area contributed by atoms with Crippen molar-refractivity contribution in [2.45, 2.75) is 58.2 Å². The molecule has 1 unspecified atom stereocenters. The molecule has 0 radical (unpaired) electrons. The third-order valence-electron chi connectivity index (χ3n) is 3.90. The summed E-state index contributed by atoms with van der Waals surface area (Å²) in [5, 5.41) is 0. The number of hydrogen-bond acceptors (Lipinski definition) is 9. The van der Waals surface area contributed by atoms with Crippen molar-refractivity contribution in [3.8, 4) is 0 Å². The molecule has 2 rings (SSSR count). The van der Waals surface area contributed by atoms with E-state index in [4.69, 9.17) is 18.9 Å². The van der Waals surface area contributed by atoms with Crippen molar-refractivity contribution in [2.24, 2.45) is 0 Å². The molecule has 0 spiro atoms. The number of nitrogens with zero attached hydrogens (tertiary/aromatic N) is 1. The molecule has 0 aromatic heterocycles. The van der Waals surface area contributed by atoms with Gasteiger partial charge in [0, 0.05) is 40.8 Å². The fourth-order valence-corrected chi connectivity index (χ4v) is 3.34. The molecule has 9 nitrogen and oxygen atoms in total. The Bertz CT molecular complexity index is 502. The molecular weight excluding hydrogens is 322 g/mol. The first kappa shape index (κ1) is 18.2. The average Bonchev–Trinajstić information content (AvgIpc) is 2.86. The van der Waals surface area contributed by atoms with Crippen LogP contribution in [0.25, 0.3) is 0 Å². The van der Waals surface area contributed by atoms with Gasteiger partial charge in [-0.3, -0.25) is 24.1 Å². The van der Waals surface area contributed by atoms with Gasteiger partial charge in [0.15, 0.2) is 24.4 Å². The molecule has 134 valence electrons. The van der Waals surface area contributed by atoms with E-state index in [0.29, 0.717) is 0 Å². The normalized spacial score (nSPS) is 31.9. The third-order valence-corrected chi connectivity index (χ3v) is 3.90. The van der Waals surface area contributed by atoms with E-state index in [2.05, 4.69) is 0 Å². The first-order chi connectivity index (χ1) is 11.2. The SMILES string of the molecule is CC(=O)O[C@H]1CN2C[C@H](OC(C)=O)[C@@H](OC(C)=O)C2[C@H]1OC(C)=O. The molecule has 0 aromatic carbocycles. The van der Waals surface area contributed by atoms with Crippen molar-refractivity contribution in [2.75, 3.05) is 13.1 Å². The van der Waals surface area contributed by atoms with Crippen molar-refractivity contribution < 1.29 is 38.1 Å². The van der Waals surface area contributed by atoms with Crippen LogP contribution < -0.4 is 0 Å². The molecule has 2 heterocycles. The van der Waals surface area contributed by atoms with Gasteiger partial charge in [0.25, 0.3) is 0 Å². The van der Waals surface area contributed by atoms with Crippen LogP contribution in [0.15, 0.2) is 0 Å². The zero-order chi connectivity index (χ0) is 18.0. The monoisotopic (exact) mass is 343 g/mol. The standard InChI is InChI=1S/C15H21NO8/c1-7(17)21-11-5-16-6-12(22-8(2)18)15(24-10(4)20)13(16)14(11)23-9(3)19/h11-15H,5-6H2,1-4H3/t11-,12-,13?,14-,15+/m0/s1. The molecule has 5 atom stereocenters. The summed E-state index contributed by atoms with van der Waals surface area (Å²) in [6.07, 6.45) is -2.96. The first-order valence-electron chi connectivity index (χ1n) is 7.62. The lowest BCUT2D eigenvalue weighted by atomic mass is 10.0. The summed E-state index contributed by atoms with van der Waals surface area (Å²) in [4.78, 5) is 47.3. The predicted molar refractivity (Wildman–Crippen MR) is 77.6 cm³/mol. The summed E-state index contributed by atoms with van der Waals surface area (Å²) < 4.78 is 21.1. The van der Waals surface area contributed by atoms with E-state index in [1.54, 1.807) is 0 Å². The average molecular weight is 343 g/mol. The van der Waals surface area contributed by atoms with Crippen LogP contribution in [0.2, 0.25) is 0 Å². The van der Waals surface area contributed by atoms with Crippen LogP contribution in [-0.4, -0.2) is 72.3 Å². The highest BCUT2D eigenvalue weighted by Gasteiger charge is 2.58. The summed E-state index contributed by atoms with van der Waals surface area (Å²) >= 11 is 0. The number of rotatable bonds is 4. The van der Waals surface area contributed by atoms with Crippen molar-refractivity contribution in [3.05, 3.63) is 0 Å². The topological polar surface area (TPSA) is 108 Å². The maximum Gasteiger partial charge on any atom is 0.303 e. The summed E-state index contributed by atoms with van der Waals surface area (Å²) in [7, 11) is 0. The van der Waals surface area contributed by atoms with Gasteiger partial charge in [-0.1, -0.05) is 0 Å². The lowest BCUT2D eigenvalue weighted by Gasteiger charge is -2.28. The molecule has 0 saturated carbocycles.